The van der Waals surface area contributed by atoms with Gasteiger partial charge in [0.2, 0.25) is 0 Å². The lowest BCUT2D eigenvalue weighted by atomic mass is 9.34. The minimum absolute atomic E-state index is 0.250. The van der Waals surface area contributed by atoms with E-state index in [1.807, 2.05) is 6.92 Å². The summed E-state index contributed by atoms with van der Waals surface area (Å²) in [7, 11) is 0. The van der Waals surface area contributed by atoms with Crippen molar-refractivity contribution in [1.29, 1.82) is 0 Å². The summed E-state index contributed by atoms with van der Waals surface area (Å²) in [6, 6.07) is 0. The number of aliphatic hydroxyl groups is 1. The molecule has 7 aliphatic carbocycles. The maximum Gasteiger partial charge on any atom is 0.290 e. The van der Waals surface area contributed by atoms with E-state index in [-0.39, 0.29) is 12.1 Å². The fourth-order valence-electron chi connectivity index (χ4n) is 13.3. The molecule has 5 saturated carbocycles. The molecular formula is C43H71NO3. The van der Waals surface area contributed by atoms with Crippen LogP contribution in [0.15, 0.2) is 36.0 Å². The van der Waals surface area contributed by atoms with E-state index in [2.05, 4.69) is 65.6 Å². The average Bonchev–Trinajstić information content (AvgIpc) is 3.42. The van der Waals surface area contributed by atoms with E-state index in [9.17, 15) is 5.11 Å². The Labute approximate surface area is 288 Å². The number of carbonyl (C=O) groups is 1. The normalized spacial score (nSPS) is 44.0. The van der Waals surface area contributed by atoms with Crippen LogP contribution in [0.3, 0.4) is 0 Å². The summed E-state index contributed by atoms with van der Waals surface area (Å²) in [5.74, 6) is 4.16. The first-order chi connectivity index (χ1) is 22.2. The first-order valence-electron chi connectivity index (χ1n) is 19.7. The Morgan fingerprint density at radius 3 is 2.17 bits per heavy atom. The smallest absolute Gasteiger partial charge is 0.290 e. The first kappa shape index (κ1) is 36.9. The van der Waals surface area contributed by atoms with Gasteiger partial charge in [-0.05, 0) is 179 Å². The Hall–Kier alpha value is -1.39. The summed E-state index contributed by atoms with van der Waals surface area (Å²) in [4.78, 5) is 8.36. The number of rotatable bonds is 5. The topological polar surface area (TPSA) is 69.6 Å². The van der Waals surface area contributed by atoms with Crippen molar-refractivity contribution in [3.63, 3.8) is 0 Å². The van der Waals surface area contributed by atoms with E-state index >= 15 is 0 Å². The zero-order valence-corrected chi connectivity index (χ0v) is 31.4. The molecule has 266 valence electrons. The quantitative estimate of drug-likeness (QED) is 0.205. The van der Waals surface area contributed by atoms with Crippen LogP contribution in [0.4, 0.5) is 0 Å². The van der Waals surface area contributed by atoms with Gasteiger partial charge in [0, 0.05) is 5.54 Å². The molecule has 0 heterocycles. The van der Waals surface area contributed by atoms with Gasteiger partial charge < -0.3 is 15.5 Å². The van der Waals surface area contributed by atoms with Crippen molar-refractivity contribution in [1.82, 2.24) is 5.32 Å². The summed E-state index contributed by atoms with van der Waals surface area (Å²) < 4.78 is 0. The minimum Gasteiger partial charge on any atom is -0.483 e. The summed E-state index contributed by atoms with van der Waals surface area (Å²) in [6.07, 6.45) is 29.4. The Kier molecular flexibility index (Phi) is 10.8. The van der Waals surface area contributed by atoms with Gasteiger partial charge >= 0.3 is 0 Å². The van der Waals surface area contributed by atoms with Gasteiger partial charge in [0.05, 0.1) is 5.60 Å². The predicted molar refractivity (Wildman–Crippen MR) is 196 cm³/mol. The van der Waals surface area contributed by atoms with Gasteiger partial charge in [0.15, 0.2) is 0 Å². The molecule has 4 heteroatoms. The lowest BCUT2D eigenvalue weighted by Gasteiger charge is -2.71. The third-order valence-corrected chi connectivity index (χ3v) is 16.3. The molecule has 0 spiro atoms. The third kappa shape index (κ3) is 6.39. The van der Waals surface area contributed by atoms with Crippen molar-refractivity contribution in [2.75, 3.05) is 6.54 Å². The zero-order chi connectivity index (χ0) is 34.3. The SMILES string of the molecule is C=CC.CC1C(C2=CCC(C)(C)CC2)=CCC2(C)C1CCC1(C)C2CCC2[C@H]3CCCC3(NCCC3(O)CCC3)CC[C@]21C.O=CO. The highest BCUT2D eigenvalue weighted by Gasteiger charge is 2.68. The number of allylic oxidation sites excluding steroid dienone is 5. The van der Waals surface area contributed by atoms with E-state index in [4.69, 9.17) is 9.90 Å². The van der Waals surface area contributed by atoms with Crippen LogP contribution in [0.1, 0.15) is 158 Å². The van der Waals surface area contributed by atoms with Gasteiger partial charge in [-0.2, -0.15) is 0 Å². The minimum atomic E-state index is -0.351. The molecule has 7 aliphatic rings. The molecule has 0 aromatic carbocycles. The van der Waals surface area contributed by atoms with E-state index < -0.39 is 0 Å². The van der Waals surface area contributed by atoms with E-state index in [1.165, 1.54) is 89.9 Å². The van der Waals surface area contributed by atoms with Gasteiger partial charge in [-0.3, -0.25) is 4.79 Å². The van der Waals surface area contributed by atoms with Crippen molar-refractivity contribution in [3.05, 3.63) is 36.0 Å². The molecule has 9 atom stereocenters. The maximum absolute atomic E-state index is 10.8. The molecule has 7 unspecified atom stereocenters. The highest BCUT2D eigenvalue weighted by Crippen LogP contribution is 2.75. The van der Waals surface area contributed by atoms with Crippen LogP contribution < -0.4 is 5.32 Å². The first-order valence-corrected chi connectivity index (χ1v) is 19.7. The van der Waals surface area contributed by atoms with Crippen LogP contribution in [-0.2, 0) is 4.79 Å². The summed E-state index contributed by atoms with van der Waals surface area (Å²) >= 11 is 0. The number of hydrogen-bond donors (Lipinski definition) is 3. The van der Waals surface area contributed by atoms with Crippen molar-refractivity contribution in [2.24, 2.45) is 51.2 Å². The molecule has 0 saturated heterocycles. The number of carboxylic acid groups (broad SMARTS) is 1. The third-order valence-electron chi connectivity index (χ3n) is 16.3. The van der Waals surface area contributed by atoms with Gasteiger partial charge in [-0.15, -0.1) is 6.58 Å². The van der Waals surface area contributed by atoms with Crippen molar-refractivity contribution in [2.45, 2.75) is 169 Å². The molecule has 0 aromatic rings. The highest BCUT2D eigenvalue weighted by molar-refractivity contribution is 5.38. The second-order valence-corrected chi connectivity index (χ2v) is 18.9. The Morgan fingerprint density at radius 2 is 1.55 bits per heavy atom. The molecule has 0 aromatic heterocycles. The average molecular weight is 650 g/mol. The molecule has 0 amide bonds. The molecule has 0 radical (unpaired) electrons. The zero-order valence-electron chi connectivity index (χ0n) is 31.4. The molecule has 4 nitrogen and oxygen atoms in total. The second-order valence-electron chi connectivity index (χ2n) is 18.9. The summed E-state index contributed by atoms with van der Waals surface area (Å²) in [5.41, 5.74) is 5.35. The standard InChI is InChI=1S/C39H63NO.C3H6.CH2O2/c1-27-29(28-12-19-34(2,3)20-13-28)14-21-35(4)30(27)15-22-37(6)33(35)11-10-31-32-9-7-18-39(32,24-23-36(31,37)5)40-26-25-38(41)16-8-17-38;1-3-2;2-1-3/h12,14,27,30-33,40-41H,7-11,13,15-26H2,1-6H3;3H,1H2,2H3;1H,(H,2,3)/t27?,30?,31?,32-,33?,35?,36-,37?,39?;;/m1../s1. The van der Waals surface area contributed by atoms with E-state index in [0.717, 1.165) is 55.4 Å². The molecular weight excluding hydrogens is 578 g/mol. The van der Waals surface area contributed by atoms with E-state index in [0.29, 0.717) is 27.2 Å². The highest BCUT2D eigenvalue weighted by atomic mass is 16.3. The Bertz CT molecular complexity index is 1190. The molecule has 5 fully saturated rings. The lowest BCUT2D eigenvalue weighted by molar-refractivity contribution is -0.212. The van der Waals surface area contributed by atoms with Crippen LogP contribution >= 0.6 is 0 Å². The van der Waals surface area contributed by atoms with Crippen LogP contribution in [-0.4, -0.2) is 34.4 Å². The lowest BCUT2D eigenvalue weighted by Crippen LogP contribution is -2.67. The summed E-state index contributed by atoms with van der Waals surface area (Å²) in [6.45, 7) is 21.9. The van der Waals surface area contributed by atoms with Gasteiger partial charge in [0.25, 0.3) is 6.47 Å². The van der Waals surface area contributed by atoms with Gasteiger partial charge in [0.1, 0.15) is 0 Å². The monoisotopic (exact) mass is 650 g/mol. The molecule has 3 N–H and O–H groups in total. The fourth-order valence-corrected chi connectivity index (χ4v) is 13.3. The van der Waals surface area contributed by atoms with Crippen molar-refractivity contribution >= 4 is 6.47 Å². The number of hydrogen-bond acceptors (Lipinski definition) is 3. The Balaban J connectivity index is 0.000000674. The maximum atomic E-state index is 10.8. The van der Waals surface area contributed by atoms with Crippen molar-refractivity contribution in [3.8, 4) is 0 Å². The summed E-state index contributed by atoms with van der Waals surface area (Å²) in [5, 5.41) is 21.8. The van der Waals surface area contributed by atoms with Crippen LogP contribution in [0.5, 0.6) is 0 Å². The van der Waals surface area contributed by atoms with Gasteiger partial charge in [-0.1, -0.05) is 66.2 Å². The second kappa shape index (κ2) is 13.7. The van der Waals surface area contributed by atoms with Crippen LogP contribution in [0, 0.1) is 51.2 Å². The van der Waals surface area contributed by atoms with Gasteiger partial charge in [-0.25, -0.2) is 0 Å². The number of nitrogens with one attached hydrogen (secondary N) is 1. The molecule has 47 heavy (non-hydrogen) atoms. The molecule has 0 bridgehead atoms. The predicted octanol–water partition coefficient (Wildman–Crippen LogP) is 10.7. The molecule has 0 aliphatic heterocycles. The number of fused-ring (bicyclic) bond motifs is 7. The molecule has 7 rings (SSSR count). The van der Waals surface area contributed by atoms with E-state index in [1.54, 1.807) is 17.2 Å². The fraction of sp³-hybridized carbons (Fsp3) is 0.837. The van der Waals surface area contributed by atoms with Crippen molar-refractivity contribution < 1.29 is 15.0 Å². The van der Waals surface area contributed by atoms with Crippen LogP contribution in [0.2, 0.25) is 0 Å². The van der Waals surface area contributed by atoms with Crippen LogP contribution in [0.25, 0.3) is 0 Å². The largest absolute Gasteiger partial charge is 0.483 e. The Morgan fingerprint density at radius 1 is 0.851 bits per heavy atom.